The van der Waals surface area contributed by atoms with Crippen LogP contribution in [-0.4, -0.2) is 44.5 Å². The van der Waals surface area contributed by atoms with Crippen molar-refractivity contribution in [3.63, 3.8) is 0 Å². The zero-order valence-electron chi connectivity index (χ0n) is 13.7. The van der Waals surface area contributed by atoms with Gasteiger partial charge in [-0.2, -0.15) is 0 Å². The van der Waals surface area contributed by atoms with Crippen molar-refractivity contribution in [3.8, 4) is 0 Å². The smallest absolute Gasteiger partial charge is 0.238 e. The van der Waals surface area contributed by atoms with Gasteiger partial charge in [0.2, 0.25) is 10.0 Å². The molecule has 1 aromatic carbocycles. The lowest BCUT2D eigenvalue weighted by Crippen LogP contribution is -2.47. The summed E-state index contributed by atoms with van der Waals surface area (Å²) in [5, 5.41) is 5.14. The fraction of sp³-hybridized carbons (Fsp3) is 0.353. The number of nitrogens with zero attached hydrogens (tertiary/aromatic N) is 3. The Morgan fingerprint density at radius 2 is 1.58 bits per heavy atom. The highest BCUT2D eigenvalue weighted by atomic mass is 32.2. The first-order chi connectivity index (χ1) is 11.4. The average molecular weight is 346 g/mol. The second-order valence-corrected chi connectivity index (χ2v) is 7.58. The van der Waals surface area contributed by atoms with E-state index >= 15 is 0 Å². The highest BCUT2D eigenvalue weighted by Crippen LogP contribution is 2.24. The molecule has 1 aliphatic rings. The SMILES string of the molecule is CC(c1ccncc1)N1CCN(c2ccc(S(N)(=O)=O)cc2)CC1. The molecule has 0 amide bonds. The predicted molar refractivity (Wildman–Crippen MR) is 94.3 cm³/mol. The summed E-state index contributed by atoms with van der Waals surface area (Å²) in [5.74, 6) is 0. The predicted octanol–water partition coefficient (Wildman–Crippen LogP) is 1.61. The average Bonchev–Trinajstić information content (AvgIpc) is 2.61. The maximum atomic E-state index is 11.3. The number of primary sulfonamides is 1. The minimum Gasteiger partial charge on any atom is -0.369 e. The minimum absolute atomic E-state index is 0.149. The molecule has 2 heterocycles. The van der Waals surface area contributed by atoms with Gasteiger partial charge in [-0.3, -0.25) is 9.88 Å². The van der Waals surface area contributed by atoms with Crippen LogP contribution in [-0.2, 0) is 10.0 Å². The van der Waals surface area contributed by atoms with Crippen molar-refractivity contribution in [3.05, 3.63) is 54.4 Å². The summed E-state index contributed by atoms with van der Waals surface area (Å²) < 4.78 is 22.7. The second kappa shape index (κ2) is 6.88. The maximum Gasteiger partial charge on any atom is 0.238 e. The Bertz CT molecular complexity index is 770. The Hall–Kier alpha value is -1.96. The van der Waals surface area contributed by atoms with Gasteiger partial charge in [-0.15, -0.1) is 0 Å². The molecule has 1 fully saturated rings. The van der Waals surface area contributed by atoms with Gasteiger partial charge >= 0.3 is 0 Å². The largest absolute Gasteiger partial charge is 0.369 e. The molecule has 1 aliphatic heterocycles. The molecule has 1 aromatic heterocycles. The van der Waals surface area contributed by atoms with Crippen molar-refractivity contribution >= 4 is 15.7 Å². The zero-order valence-corrected chi connectivity index (χ0v) is 14.5. The summed E-state index contributed by atoms with van der Waals surface area (Å²) in [7, 11) is -3.63. The number of benzene rings is 1. The van der Waals surface area contributed by atoms with Gasteiger partial charge in [0.25, 0.3) is 0 Å². The number of nitrogens with two attached hydrogens (primary N) is 1. The Kier molecular flexibility index (Phi) is 4.84. The lowest BCUT2D eigenvalue weighted by molar-refractivity contribution is 0.198. The number of hydrogen-bond acceptors (Lipinski definition) is 5. The van der Waals surface area contributed by atoms with Crippen molar-refractivity contribution < 1.29 is 8.42 Å². The number of hydrogen-bond donors (Lipinski definition) is 1. The van der Waals surface area contributed by atoms with Crippen LogP contribution in [0.3, 0.4) is 0 Å². The third-order valence-corrected chi connectivity index (χ3v) is 5.51. The third kappa shape index (κ3) is 3.75. The summed E-state index contributed by atoms with van der Waals surface area (Å²) in [6.45, 7) is 5.95. The summed E-state index contributed by atoms with van der Waals surface area (Å²) >= 11 is 0. The van der Waals surface area contributed by atoms with Crippen LogP contribution in [0.4, 0.5) is 5.69 Å². The van der Waals surface area contributed by atoms with Crippen LogP contribution in [0.2, 0.25) is 0 Å². The Balaban J connectivity index is 1.63. The van der Waals surface area contributed by atoms with Crippen LogP contribution in [0.5, 0.6) is 0 Å². The molecule has 0 radical (unpaired) electrons. The molecule has 0 spiro atoms. The van der Waals surface area contributed by atoms with Crippen LogP contribution < -0.4 is 10.0 Å². The van der Waals surface area contributed by atoms with E-state index in [9.17, 15) is 8.42 Å². The number of pyridine rings is 1. The molecule has 0 aliphatic carbocycles. The van der Waals surface area contributed by atoms with Gasteiger partial charge in [0.15, 0.2) is 0 Å². The molecule has 2 aromatic rings. The Morgan fingerprint density at radius 3 is 2.12 bits per heavy atom. The van der Waals surface area contributed by atoms with E-state index in [-0.39, 0.29) is 4.90 Å². The molecule has 1 unspecified atom stereocenters. The van der Waals surface area contributed by atoms with E-state index in [2.05, 4.69) is 33.8 Å². The van der Waals surface area contributed by atoms with Crippen LogP contribution in [0.25, 0.3) is 0 Å². The number of sulfonamides is 1. The summed E-state index contributed by atoms with van der Waals surface area (Å²) in [4.78, 5) is 8.94. The monoisotopic (exact) mass is 346 g/mol. The molecule has 0 bridgehead atoms. The van der Waals surface area contributed by atoms with E-state index in [0.29, 0.717) is 6.04 Å². The highest BCUT2D eigenvalue weighted by Gasteiger charge is 2.22. The van der Waals surface area contributed by atoms with Gasteiger partial charge in [-0.1, -0.05) is 0 Å². The maximum absolute atomic E-state index is 11.3. The van der Waals surface area contributed by atoms with Gasteiger partial charge in [-0.05, 0) is 48.9 Å². The standard InChI is InChI=1S/C17H22N4O2S/c1-14(15-6-8-19-9-7-15)20-10-12-21(13-11-20)16-2-4-17(5-3-16)24(18,22)23/h2-9,14H,10-13H2,1H3,(H2,18,22,23). The molecule has 6 nitrogen and oxygen atoms in total. The molecule has 1 saturated heterocycles. The molecule has 3 rings (SSSR count). The van der Waals surface area contributed by atoms with Crippen molar-refractivity contribution in [2.24, 2.45) is 5.14 Å². The fourth-order valence-electron chi connectivity index (χ4n) is 3.07. The van der Waals surface area contributed by atoms with Crippen LogP contribution in [0.1, 0.15) is 18.5 Å². The van der Waals surface area contributed by atoms with Gasteiger partial charge in [-0.25, -0.2) is 13.6 Å². The van der Waals surface area contributed by atoms with Crippen LogP contribution in [0, 0.1) is 0 Å². The second-order valence-electron chi connectivity index (χ2n) is 6.02. The van der Waals surface area contributed by atoms with Gasteiger partial charge in [0, 0.05) is 50.3 Å². The van der Waals surface area contributed by atoms with E-state index in [1.807, 2.05) is 24.5 Å². The summed E-state index contributed by atoms with van der Waals surface area (Å²) in [6.07, 6.45) is 3.66. The molecule has 2 N–H and O–H groups in total. The van der Waals surface area contributed by atoms with E-state index in [1.54, 1.807) is 12.1 Å². The summed E-state index contributed by atoms with van der Waals surface area (Å²) in [6, 6.07) is 11.3. The van der Waals surface area contributed by atoms with E-state index in [4.69, 9.17) is 5.14 Å². The van der Waals surface area contributed by atoms with Gasteiger partial charge in [0.05, 0.1) is 4.90 Å². The van der Waals surface area contributed by atoms with E-state index in [1.165, 1.54) is 5.56 Å². The first-order valence-electron chi connectivity index (χ1n) is 7.97. The van der Waals surface area contributed by atoms with Crippen molar-refractivity contribution in [2.45, 2.75) is 17.9 Å². The normalized spacial score (nSPS) is 17.7. The molecule has 0 saturated carbocycles. The zero-order chi connectivity index (χ0) is 17.2. The lowest BCUT2D eigenvalue weighted by atomic mass is 10.1. The van der Waals surface area contributed by atoms with Gasteiger partial charge < -0.3 is 4.90 Å². The fourth-order valence-corrected chi connectivity index (χ4v) is 3.58. The molecule has 1 atom stereocenters. The van der Waals surface area contributed by atoms with Gasteiger partial charge in [0.1, 0.15) is 0 Å². The Morgan fingerprint density at radius 1 is 1.00 bits per heavy atom. The van der Waals surface area contributed by atoms with Crippen LogP contribution >= 0.6 is 0 Å². The van der Waals surface area contributed by atoms with Crippen molar-refractivity contribution in [2.75, 3.05) is 31.1 Å². The molecule has 7 heteroatoms. The summed E-state index contributed by atoms with van der Waals surface area (Å²) in [5.41, 5.74) is 2.30. The van der Waals surface area contributed by atoms with E-state index < -0.39 is 10.0 Å². The first kappa shape index (κ1) is 16.9. The first-order valence-corrected chi connectivity index (χ1v) is 9.51. The molecular weight excluding hydrogens is 324 g/mol. The van der Waals surface area contributed by atoms with Crippen molar-refractivity contribution in [1.82, 2.24) is 9.88 Å². The quantitative estimate of drug-likeness (QED) is 0.910. The number of anilines is 1. The van der Waals surface area contributed by atoms with E-state index in [0.717, 1.165) is 31.9 Å². The third-order valence-electron chi connectivity index (χ3n) is 4.58. The van der Waals surface area contributed by atoms with Crippen LogP contribution in [0.15, 0.2) is 53.7 Å². The topological polar surface area (TPSA) is 79.5 Å². The number of piperazine rings is 1. The Labute approximate surface area is 143 Å². The highest BCUT2D eigenvalue weighted by molar-refractivity contribution is 7.89. The molecule has 128 valence electrons. The minimum atomic E-state index is -3.63. The molecular formula is C17H22N4O2S. The number of aromatic nitrogens is 1. The molecule has 24 heavy (non-hydrogen) atoms. The lowest BCUT2D eigenvalue weighted by Gasteiger charge is -2.39. The van der Waals surface area contributed by atoms with Crippen molar-refractivity contribution in [1.29, 1.82) is 0 Å². The number of rotatable bonds is 4.